The first kappa shape index (κ1) is 13.0. The van der Waals surface area contributed by atoms with Crippen molar-refractivity contribution >= 4 is 23.1 Å². The van der Waals surface area contributed by atoms with Gasteiger partial charge in [0, 0.05) is 18.2 Å². The van der Waals surface area contributed by atoms with Gasteiger partial charge in [-0.15, -0.1) is 0 Å². The van der Waals surface area contributed by atoms with Crippen LogP contribution in [-0.2, 0) is 0 Å². The molecule has 4 heteroatoms. The van der Waals surface area contributed by atoms with E-state index in [4.69, 9.17) is 4.42 Å². The van der Waals surface area contributed by atoms with E-state index in [0.717, 1.165) is 11.6 Å². The molecule has 0 atom stereocenters. The normalized spacial score (nSPS) is 11.2. The summed E-state index contributed by atoms with van der Waals surface area (Å²) in [5, 5.41) is 19.2. The summed E-state index contributed by atoms with van der Waals surface area (Å²) >= 11 is 0. The van der Waals surface area contributed by atoms with Crippen LogP contribution in [-0.4, -0.2) is 10.2 Å². The lowest BCUT2D eigenvalue weighted by molar-refractivity contribution is 0.452. The molecule has 0 saturated heterocycles. The molecule has 0 aliphatic rings. The zero-order valence-corrected chi connectivity index (χ0v) is 11.0. The summed E-state index contributed by atoms with van der Waals surface area (Å²) < 4.78 is 5.52. The molecule has 0 amide bonds. The Kier molecular flexibility index (Phi) is 3.20. The predicted molar refractivity (Wildman–Crippen MR) is 81.2 cm³/mol. The molecule has 0 fully saturated rings. The molecular formula is C17H12O4. The van der Waals surface area contributed by atoms with Crippen molar-refractivity contribution in [2.75, 3.05) is 0 Å². The second-order valence-corrected chi connectivity index (χ2v) is 4.60. The molecule has 0 spiro atoms. The lowest BCUT2D eigenvalue weighted by Gasteiger charge is -2.02. The van der Waals surface area contributed by atoms with Crippen LogP contribution in [0.1, 0.15) is 11.3 Å². The van der Waals surface area contributed by atoms with Crippen molar-refractivity contribution in [2.24, 2.45) is 0 Å². The maximum atomic E-state index is 12.0. The van der Waals surface area contributed by atoms with Crippen LogP contribution in [0.3, 0.4) is 0 Å². The first-order valence-corrected chi connectivity index (χ1v) is 6.36. The minimum atomic E-state index is -0.360. The highest BCUT2D eigenvalue weighted by atomic mass is 16.3. The van der Waals surface area contributed by atoms with Crippen molar-refractivity contribution in [1.82, 2.24) is 0 Å². The summed E-state index contributed by atoms with van der Waals surface area (Å²) in [5.41, 5.74) is 0.758. The first-order chi connectivity index (χ1) is 10.1. The van der Waals surface area contributed by atoms with Gasteiger partial charge in [0.05, 0.1) is 0 Å². The molecule has 3 rings (SSSR count). The van der Waals surface area contributed by atoms with Crippen molar-refractivity contribution in [3.8, 4) is 11.5 Å². The molecule has 0 radical (unpaired) electrons. The molecular weight excluding hydrogens is 268 g/mol. The Bertz CT molecular complexity index is 876. The maximum Gasteiger partial charge on any atom is 0.197 e. The summed E-state index contributed by atoms with van der Waals surface area (Å²) in [6, 6.07) is 13.3. The molecule has 104 valence electrons. The Morgan fingerprint density at radius 3 is 2.48 bits per heavy atom. The van der Waals surface area contributed by atoms with Gasteiger partial charge in [-0.2, -0.15) is 0 Å². The molecule has 0 unspecified atom stereocenters. The fourth-order valence-electron chi connectivity index (χ4n) is 2.10. The zero-order valence-electron chi connectivity index (χ0n) is 11.0. The van der Waals surface area contributed by atoms with Gasteiger partial charge in [-0.1, -0.05) is 36.4 Å². The van der Waals surface area contributed by atoms with Gasteiger partial charge < -0.3 is 14.6 Å². The summed E-state index contributed by atoms with van der Waals surface area (Å²) in [5.74, 6) is -0.106. The van der Waals surface area contributed by atoms with Crippen LogP contribution in [0.15, 0.2) is 57.7 Å². The number of phenols is 2. The zero-order chi connectivity index (χ0) is 14.8. The summed E-state index contributed by atoms with van der Waals surface area (Å²) in [4.78, 5) is 12.0. The van der Waals surface area contributed by atoms with E-state index in [0.29, 0.717) is 5.76 Å². The topological polar surface area (TPSA) is 70.7 Å². The van der Waals surface area contributed by atoms with Gasteiger partial charge in [-0.3, -0.25) is 4.79 Å². The van der Waals surface area contributed by atoms with Crippen LogP contribution < -0.4 is 5.43 Å². The first-order valence-electron chi connectivity index (χ1n) is 6.36. The molecule has 1 aromatic heterocycles. The third-order valence-corrected chi connectivity index (χ3v) is 3.05. The van der Waals surface area contributed by atoms with E-state index >= 15 is 0 Å². The Balaban J connectivity index is 2.09. The van der Waals surface area contributed by atoms with Crippen LogP contribution in [0.25, 0.3) is 23.1 Å². The van der Waals surface area contributed by atoms with E-state index in [-0.39, 0.29) is 27.9 Å². The minimum Gasteiger partial charge on any atom is -0.508 e. The molecule has 3 aromatic rings. The van der Waals surface area contributed by atoms with Gasteiger partial charge in [0.15, 0.2) is 5.43 Å². The number of hydrogen-bond donors (Lipinski definition) is 2. The SMILES string of the molecule is O=c1cc(/C=C/c2ccccc2)oc2cc(O)cc(O)c12. The molecule has 1 heterocycles. The van der Waals surface area contributed by atoms with Gasteiger partial charge in [-0.25, -0.2) is 0 Å². The lowest BCUT2D eigenvalue weighted by Crippen LogP contribution is -2.00. The molecule has 0 aliphatic carbocycles. The van der Waals surface area contributed by atoms with Crippen LogP contribution in [0, 0.1) is 0 Å². The van der Waals surface area contributed by atoms with Gasteiger partial charge in [-0.05, 0) is 11.6 Å². The number of aromatic hydroxyl groups is 2. The third kappa shape index (κ3) is 2.65. The van der Waals surface area contributed by atoms with Crippen molar-refractivity contribution in [3.05, 3.63) is 70.1 Å². The van der Waals surface area contributed by atoms with Crippen molar-refractivity contribution in [1.29, 1.82) is 0 Å². The number of fused-ring (bicyclic) bond motifs is 1. The Morgan fingerprint density at radius 2 is 1.71 bits per heavy atom. The van der Waals surface area contributed by atoms with Crippen molar-refractivity contribution in [3.63, 3.8) is 0 Å². The van der Waals surface area contributed by atoms with Crippen molar-refractivity contribution < 1.29 is 14.6 Å². The average molecular weight is 280 g/mol. The Labute approximate surface area is 120 Å². The maximum absolute atomic E-state index is 12.0. The van der Waals surface area contributed by atoms with Gasteiger partial charge in [0.2, 0.25) is 0 Å². The molecule has 4 nitrogen and oxygen atoms in total. The molecule has 0 saturated carbocycles. The Morgan fingerprint density at radius 1 is 0.952 bits per heavy atom. The average Bonchev–Trinajstić information content (AvgIpc) is 2.45. The standard InChI is InChI=1S/C17H12O4/c18-12-8-14(19)17-15(20)10-13(21-16(17)9-12)7-6-11-4-2-1-3-5-11/h1-10,18-19H/b7-6+. The Hall–Kier alpha value is -3.01. The third-order valence-electron chi connectivity index (χ3n) is 3.05. The van der Waals surface area contributed by atoms with Crippen LogP contribution in [0.2, 0.25) is 0 Å². The number of rotatable bonds is 2. The number of hydrogen-bond acceptors (Lipinski definition) is 4. The summed E-state index contributed by atoms with van der Waals surface area (Å²) in [6.07, 6.45) is 3.48. The fourth-order valence-corrected chi connectivity index (χ4v) is 2.10. The van der Waals surface area contributed by atoms with Gasteiger partial charge >= 0.3 is 0 Å². The molecule has 0 aliphatic heterocycles. The smallest absolute Gasteiger partial charge is 0.197 e. The summed E-state index contributed by atoms with van der Waals surface area (Å²) in [7, 11) is 0. The van der Waals surface area contributed by atoms with E-state index in [2.05, 4.69) is 0 Å². The van der Waals surface area contributed by atoms with Crippen LogP contribution in [0.5, 0.6) is 11.5 Å². The lowest BCUT2D eigenvalue weighted by atomic mass is 10.1. The van der Waals surface area contributed by atoms with Gasteiger partial charge in [0.25, 0.3) is 0 Å². The quantitative estimate of drug-likeness (QED) is 0.755. The molecule has 21 heavy (non-hydrogen) atoms. The second-order valence-electron chi connectivity index (χ2n) is 4.60. The highest BCUT2D eigenvalue weighted by molar-refractivity contribution is 5.85. The van der Waals surface area contributed by atoms with Crippen molar-refractivity contribution in [2.45, 2.75) is 0 Å². The molecule has 2 N–H and O–H groups in total. The van der Waals surface area contributed by atoms with E-state index in [1.807, 2.05) is 36.4 Å². The monoisotopic (exact) mass is 280 g/mol. The van der Waals surface area contributed by atoms with Crippen LogP contribution in [0.4, 0.5) is 0 Å². The second kappa shape index (κ2) is 5.17. The highest BCUT2D eigenvalue weighted by Crippen LogP contribution is 2.28. The summed E-state index contributed by atoms with van der Waals surface area (Å²) in [6.45, 7) is 0. The van der Waals surface area contributed by atoms with E-state index < -0.39 is 0 Å². The largest absolute Gasteiger partial charge is 0.508 e. The van der Waals surface area contributed by atoms with E-state index in [1.165, 1.54) is 12.1 Å². The minimum absolute atomic E-state index is 0.0599. The fraction of sp³-hybridized carbons (Fsp3) is 0. The molecule has 0 bridgehead atoms. The molecule has 2 aromatic carbocycles. The van der Waals surface area contributed by atoms with E-state index in [9.17, 15) is 15.0 Å². The number of benzene rings is 2. The van der Waals surface area contributed by atoms with Gasteiger partial charge in [0.1, 0.15) is 28.2 Å². The number of phenolic OH excluding ortho intramolecular Hbond substituents is 2. The highest BCUT2D eigenvalue weighted by Gasteiger charge is 2.09. The van der Waals surface area contributed by atoms with Crippen LogP contribution >= 0.6 is 0 Å². The van der Waals surface area contributed by atoms with E-state index in [1.54, 1.807) is 6.08 Å². The predicted octanol–water partition coefficient (Wildman–Crippen LogP) is 3.37.